The number of fused-ring (bicyclic) bond motifs is 1. The van der Waals surface area contributed by atoms with Gasteiger partial charge in [0.15, 0.2) is 0 Å². The molecule has 3 aliphatic carbocycles. The first-order chi connectivity index (χ1) is 8.81. The van der Waals surface area contributed by atoms with Crippen LogP contribution in [0.2, 0.25) is 0 Å². The van der Waals surface area contributed by atoms with Gasteiger partial charge in [-0.2, -0.15) is 5.26 Å². The van der Waals surface area contributed by atoms with Crippen LogP contribution in [-0.4, -0.2) is 11.9 Å². The Bertz CT molecular complexity index is 357. The molecule has 3 aliphatic rings. The summed E-state index contributed by atoms with van der Waals surface area (Å²) >= 11 is 0. The average Bonchev–Trinajstić information content (AvgIpc) is 2.90. The fraction of sp³-hybridized carbons (Fsp3) is 0.867. The van der Waals surface area contributed by atoms with Crippen molar-refractivity contribution >= 4 is 5.91 Å². The largest absolute Gasteiger partial charge is 0.340 e. The summed E-state index contributed by atoms with van der Waals surface area (Å²) in [5.41, 5.74) is 0. The van der Waals surface area contributed by atoms with Gasteiger partial charge in [-0.1, -0.05) is 25.7 Å². The monoisotopic (exact) mass is 246 g/mol. The van der Waals surface area contributed by atoms with E-state index in [2.05, 4.69) is 11.4 Å². The van der Waals surface area contributed by atoms with E-state index in [9.17, 15) is 10.1 Å². The molecule has 0 bridgehead atoms. The lowest BCUT2D eigenvalue weighted by Gasteiger charge is -2.26. The predicted octanol–water partition coefficient (Wildman–Crippen LogP) is 2.62. The summed E-state index contributed by atoms with van der Waals surface area (Å²) < 4.78 is 0. The number of nitrogens with zero attached hydrogens (tertiary/aromatic N) is 1. The average molecular weight is 246 g/mol. The van der Waals surface area contributed by atoms with E-state index in [4.69, 9.17) is 0 Å². The van der Waals surface area contributed by atoms with Crippen molar-refractivity contribution in [3.8, 4) is 6.07 Å². The third-order valence-electron chi connectivity index (χ3n) is 5.27. The zero-order valence-electron chi connectivity index (χ0n) is 10.9. The minimum Gasteiger partial charge on any atom is -0.340 e. The Morgan fingerprint density at radius 1 is 1.06 bits per heavy atom. The number of amides is 1. The van der Waals surface area contributed by atoms with E-state index >= 15 is 0 Å². The van der Waals surface area contributed by atoms with Gasteiger partial charge in [0.2, 0.25) is 5.91 Å². The summed E-state index contributed by atoms with van der Waals surface area (Å²) in [4.78, 5) is 12.2. The highest BCUT2D eigenvalue weighted by molar-refractivity contribution is 5.83. The lowest BCUT2D eigenvalue weighted by molar-refractivity contribution is -0.123. The van der Waals surface area contributed by atoms with Gasteiger partial charge >= 0.3 is 0 Å². The maximum Gasteiger partial charge on any atom is 0.224 e. The lowest BCUT2D eigenvalue weighted by Crippen LogP contribution is -2.41. The first-order valence-electron chi connectivity index (χ1n) is 7.51. The lowest BCUT2D eigenvalue weighted by atomic mass is 9.84. The molecule has 0 aromatic rings. The second-order valence-corrected chi connectivity index (χ2v) is 6.30. The summed E-state index contributed by atoms with van der Waals surface area (Å²) in [6, 6.07) is 2.08. The van der Waals surface area contributed by atoms with Crippen LogP contribution in [0.5, 0.6) is 0 Å². The predicted molar refractivity (Wildman–Crippen MR) is 68.4 cm³/mol. The number of carbonyl (C=O) groups is 1. The van der Waals surface area contributed by atoms with Crippen LogP contribution in [0.3, 0.4) is 0 Å². The highest BCUT2D eigenvalue weighted by atomic mass is 16.2. The molecule has 18 heavy (non-hydrogen) atoms. The Balaban J connectivity index is 1.54. The highest BCUT2D eigenvalue weighted by Crippen LogP contribution is 2.57. The number of nitrogens with one attached hydrogen (secondary N) is 1. The molecule has 0 spiro atoms. The van der Waals surface area contributed by atoms with E-state index in [0.717, 1.165) is 12.8 Å². The van der Waals surface area contributed by atoms with E-state index in [1.807, 2.05) is 0 Å². The molecule has 0 aliphatic heterocycles. The van der Waals surface area contributed by atoms with Crippen molar-refractivity contribution < 1.29 is 4.79 Å². The number of carbonyl (C=O) groups excluding carboxylic acids is 1. The Kier molecular flexibility index (Phi) is 3.28. The summed E-state index contributed by atoms with van der Waals surface area (Å²) in [6.45, 7) is 0. The molecule has 3 nitrogen and oxygen atoms in total. The van der Waals surface area contributed by atoms with Gasteiger partial charge in [-0.15, -0.1) is 0 Å². The van der Waals surface area contributed by atoms with Crippen molar-refractivity contribution in [2.75, 3.05) is 0 Å². The molecule has 0 saturated heterocycles. The number of nitriles is 1. The SMILES string of the molecule is N#CC(NC(=O)C1C2CCCC21)C1CCCCC1. The third kappa shape index (κ3) is 2.13. The van der Waals surface area contributed by atoms with E-state index in [1.165, 1.54) is 38.5 Å². The second kappa shape index (κ2) is 4.91. The molecule has 3 atom stereocenters. The van der Waals surface area contributed by atoms with Crippen molar-refractivity contribution in [2.45, 2.75) is 57.4 Å². The topological polar surface area (TPSA) is 52.9 Å². The minimum atomic E-state index is -0.237. The van der Waals surface area contributed by atoms with Crippen molar-refractivity contribution in [2.24, 2.45) is 23.7 Å². The highest BCUT2D eigenvalue weighted by Gasteiger charge is 2.56. The van der Waals surface area contributed by atoms with Gasteiger partial charge in [-0.05, 0) is 43.4 Å². The molecular weight excluding hydrogens is 224 g/mol. The minimum absolute atomic E-state index is 0.168. The molecule has 3 saturated carbocycles. The molecule has 1 amide bonds. The van der Waals surface area contributed by atoms with Crippen molar-refractivity contribution in [3.63, 3.8) is 0 Å². The number of hydrogen-bond acceptors (Lipinski definition) is 2. The third-order valence-corrected chi connectivity index (χ3v) is 5.27. The van der Waals surface area contributed by atoms with Crippen LogP contribution in [0.1, 0.15) is 51.4 Å². The smallest absolute Gasteiger partial charge is 0.224 e. The molecular formula is C15H22N2O. The van der Waals surface area contributed by atoms with Crippen molar-refractivity contribution in [1.29, 1.82) is 5.26 Å². The van der Waals surface area contributed by atoms with Gasteiger partial charge in [-0.25, -0.2) is 0 Å². The summed E-state index contributed by atoms with van der Waals surface area (Å²) in [7, 11) is 0. The maximum absolute atomic E-state index is 12.2. The second-order valence-electron chi connectivity index (χ2n) is 6.30. The summed E-state index contributed by atoms with van der Waals surface area (Å²) in [5, 5.41) is 12.3. The Morgan fingerprint density at radius 3 is 2.33 bits per heavy atom. The quantitative estimate of drug-likeness (QED) is 0.832. The Morgan fingerprint density at radius 2 is 1.72 bits per heavy atom. The van der Waals surface area contributed by atoms with Gasteiger partial charge in [0.25, 0.3) is 0 Å². The normalized spacial score (nSPS) is 36.5. The van der Waals surface area contributed by atoms with Crippen LogP contribution in [0, 0.1) is 35.0 Å². The van der Waals surface area contributed by atoms with Crippen LogP contribution in [0.25, 0.3) is 0 Å². The van der Waals surface area contributed by atoms with E-state index < -0.39 is 0 Å². The molecule has 0 aromatic heterocycles. The fourth-order valence-electron chi connectivity index (χ4n) is 4.18. The van der Waals surface area contributed by atoms with E-state index in [0.29, 0.717) is 17.8 Å². The van der Waals surface area contributed by atoms with Crippen LogP contribution >= 0.6 is 0 Å². The van der Waals surface area contributed by atoms with Gasteiger partial charge in [-0.3, -0.25) is 4.79 Å². The molecule has 1 N–H and O–H groups in total. The van der Waals surface area contributed by atoms with Crippen LogP contribution in [-0.2, 0) is 4.79 Å². The van der Waals surface area contributed by atoms with Gasteiger partial charge < -0.3 is 5.32 Å². The Labute approximate surface area is 109 Å². The molecule has 3 rings (SSSR count). The first kappa shape index (κ1) is 12.0. The van der Waals surface area contributed by atoms with Crippen molar-refractivity contribution in [3.05, 3.63) is 0 Å². The van der Waals surface area contributed by atoms with Gasteiger partial charge in [0.1, 0.15) is 6.04 Å². The van der Waals surface area contributed by atoms with Crippen molar-refractivity contribution in [1.82, 2.24) is 5.32 Å². The molecule has 0 heterocycles. The maximum atomic E-state index is 12.2. The summed E-state index contributed by atoms with van der Waals surface area (Å²) in [5.74, 6) is 2.11. The zero-order valence-corrected chi connectivity index (χ0v) is 10.9. The van der Waals surface area contributed by atoms with Gasteiger partial charge in [0.05, 0.1) is 6.07 Å². The molecule has 3 fully saturated rings. The van der Waals surface area contributed by atoms with Crippen LogP contribution in [0.4, 0.5) is 0 Å². The first-order valence-corrected chi connectivity index (χ1v) is 7.51. The molecule has 98 valence electrons. The van der Waals surface area contributed by atoms with Gasteiger partial charge in [0, 0.05) is 5.92 Å². The number of hydrogen-bond donors (Lipinski definition) is 1. The van der Waals surface area contributed by atoms with E-state index in [-0.39, 0.29) is 17.9 Å². The zero-order chi connectivity index (χ0) is 12.5. The molecule has 3 unspecified atom stereocenters. The fourth-order valence-corrected chi connectivity index (χ4v) is 4.18. The standard InChI is InChI=1S/C15H22N2O/c16-9-13(10-5-2-1-3-6-10)17-15(18)14-11-7-4-8-12(11)14/h10-14H,1-8H2,(H,17,18). The Hall–Kier alpha value is -1.04. The van der Waals surface area contributed by atoms with Crippen LogP contribution in [0.15, 0.2) is 0 Å². The number of rotatable bonds is 3. The summed E-state index contributed by atoms with van der Waals surface area (Å²) in [6.07, 6.45) is 9.68. The molecule has 0 aromatic carbocycles. The molecule has 3 heteroatoms. The van der Waals surface area contributed by atoms with Crippen LogP contribution < -0.4 is 5.32 Å². The van der Waals surface area contributed by atoms with E-state index in [1.54, 1.807) is 0 Å². The molecule has 0 radical (unpaired) electrons.